The Labute approximate surface area is 129 Å². The average molecular weight is 327 g/mol. The molecule has 2 aliphatic rings. The average Bonchev–Trinajstić information content (AvgIpc) is 3.21. The first kappa shape index (κ1) is 15.9. The Hall–Kier alpha value is -0.985. The Bertz CT molecular complexity index is 646. The molecule has 1 aromatic rings. The number of halogens is 2. The number of morpholine rings is 1. The third-order valence-electron chi connectivity index (χ3n) is 4.00. The van der Waals surface area contributed by atoms with Gasteiger partial charge in [-0.3, -0.25) is 0 Å². The highest BCUT2D eigenvalue weighted by molar-refractivity contribution is 7.89. The van der Waals surface area contributed by atoms with Crippen molar-refractivity contribution in [2.75, 3.05) is 13.2 Å². The predicted octanol–water partition coefficient (Wildman–Crippen LogP) is 1.65. The van der Waals surface area contributed by atoms with E-state index in [1.54, 1.807) is 0 Å². The van der Waals surface area contributed by atoms with Gasteiger partial charge in [-0.15, -0.1) is 0 Å². The van der Waals surface area contributed by atoms with Gasteiger partial charge in [-0.2, -0.15) is 4.31 Å². The van der Waals surface area contributed by atoms with Crippen LogP contribution in [0.5, 0.6) is 0 Å². The summed E-state index contributed by atoms with van der Waals surface area (Å²) in [4.78, 5) is -0.414. The Morgan fingerprint density at radius 2 is 1.82 bits per heavy atom. The first-order chi connectivity index (χ1) is 10.4. The van der Waals surface area contributed by atoms with E-state index >= 15 is 0 Å². The number of benzene rings is 1. The number of nitrogens with zero attached hydrogens (tertiary/aromatic N) is 1. The molecule has 0 bridgehead atoms. The minimum Gasteiger partial charge on any atom is -0.379 e. The molecule has 4 nitrogen and oxygen atoms in total. The van der Waals surface area contributed by atoms with Crippen LogP contribution in [0.1, 0.15) is 19.3 Å². The van der Waals surface area contributed by atoms with Gasteiger partial charge in [-0.05, 0) is 24.5 Å². The van der Waals surface area contributed by atoms with Crippen LogP contribution in [0.15, 0.2) is 23.1 Å². The van der Waals surface area contributed by atoms with Crippen LogP contribution in [0.3, 0.4) is 0 Å². The van der Waals surface area contributed by atoms with Gasteiger partial charge in [-0.25, -0.2) is 17.2 Å². The summed E-state index contributed by atoms with van der Waals surface area (Å²) in [5.74, 6) is -2.24. The predicted molar refractivity (Wildman–Crippen MR) is 76.9 cm³/mol. The van der Waals surface area contributed by atoms with Gasteiger partial charge in [0, 0.05) is 18.0 Å². The van der Waals surface area contributed by atoms with E-state index in [-0.39, 0.29) is 13.2 Å². The maximum atomic E-state index is 13.4. The third-order valence-corrected chi connectivity index (χ3v) is 5.95. The fourth-order valence-corrected chi connectivity index (χ4v) is 4.55. The molecular formula is C14H16BF2NO3S. The summed E-state index contributed by atoms with van der Waals surface area (Å²) in [6.07, 6.45) is 2.78. The third kappa shape index (κ3) is 3.19. The van der Waals surface area contributed by atoms with Gasteiger partial charge in [0.1, 0.15) is 11.6 Å². The molecule has 1 aliphatic heterocycles. The lowest BCUT2D eigenvalue weighted by atomic mass is 9.94. The van der Waals surface area contributed by atoms with Gasteiger partial charge in [0.05, 0.1) is 26.0 Å². The van der Waals surface area contributed by atoms with E-state index in [4.69, 9.17) is 12.6 Å². The molecule has 22 heavy (non-hydrogen) atoms. The summed E-state index contributed by atoms with van der Waals surface area (Å²) in [6, 6.07) is 1.87. The molecular weight excluding hydrogens is 311 g/mol. The van der Waals surface area contributed by atoms with E-state index in [9.17, 15) is 17.2 Å². The van der Waals surface area contributed by atoms with Crippen LogP contribution in [-0.2, 0) is 14.8 Å². The summed E-state index contributed by atoms with van der Waals surface area (Å²) >= 11 is 0. The lowest BCUT2D eigenvalue weighted by Crippen LogP contribution is -2.55. The van der Waals surface area contributed by atoms with Gasteiger partial charge >= 0.3 is 0 Å². The van der Waals surface area contributed by atoms with Crippen LogP contribution >= 0.6 is 0 Å². The maximum Gasteiger partial charge on any atom is 0.243 e. The lowest BCUT2D eigenvalue weighted by molar-refractivity contribution is 0.0143. The van der Waals surface area contributed by atoms with Gasteiger partial charge < -0.3 is 4.74 Å². The van der Waals surface area contributed by atoms with Gasteiger partial charge in [0.15, 0.2) is 0 Å². The highest BCUT2D eigenvalue weighted by atomic mass is 32.2. The number of hydrogen-bond donors (Lipinski definition) is 0. The van der Waals surface area contributed by atoms with Crippen molar-refractivity contribution in [2.24, 2.45) is 5.92 Å². The molecule has 1 unspecified atom stereocenters. The molecule has 1 saturated heterocycles. The minimum atomic E-state index is -4.07. The zero-order chi connectivity index (χ0) is 15.9. The van der Waals surface area contributed by atoms with Crippen molar-refractivity contribution in [2.45, 2.75) is 36.1 Å². The second-order valence-electron chi connectivity index (χ2n) is 5.88. The van der Waals surface area contributed by atoms with Crippen LogP contribution < -0.4 is 0 Å². The fraction of sp³-hybridized carbons (Fsp3) is 0.571. The molecule has 1 heterocycles. The van der Waals surface area contributed by atoms with Crippen molar-refractivity contribution in [3.8, 4) is 0 Å². The van der Waals surface area contributed by atoms with Crippen molar-refractivity contribution in [1.82, 2.24) is 4.31 Å². The van der Waals surface area contributed by atoms with E-state index in [1.165, 1.54) is 0 Å². The van der Waals surface area contributed by atoms with E-state index < -0.39 is 38.5 Å². The Morgan fingerprint density at radius 3 is 2.41 bits per heavy atom. The fourth-order valence-electron chi connectivity index (χ4n) is 2.83. The second kappa shape index (κ2) is 5.90. The van der Waals surface area contributed by atoms with E-state index in [2.05, 4.69) is 0 Å². The molecule has 8 heteroatoms. The maximum absolute atomic E-state index is 13.4. The SMILES string of the molecule is [B]C1COC[C@@H](CC2CC2)N1S(=O)(=O)c1cc(F)cc(F)c1. The summed E-state index contributed by atoms with van der Waals surface area (Å²) in [5.41, 5.74) is 0. The molecule has 0 N–H and O–H groups in total. The quantitative estimate of drug-likeness (QED) is 0.790. The monoisotopic (exact) mass is 327 g/mol. The molecule has 0 aromatic heterocycles. The molecule has 1 saturated carbocycles. The molecule has 2 atom stereocenters. The van der Waals surface area contributed by atoms with Gasteiger partial charge in [0.25, 0.3) is 0 Å². The molecule has 0 spiro atoms. The molecule has 118 valence electrons. The van der Waals surface area contributed by atoms with Crippen molar-refractivity contribution in [3.63, 3.8) is 0 Å². The summed E-state index contributed by atoms with van der Waals surface area (Å²) in [6.45, 7) is 0.319. The van der Waals surface area contributed by atoms with Gasteiger partial charge in [-0.1, -0.05) is 12.8 Å². The number of sulfonamides is 1. The Morgan fingerprint density at radius 1 is 1.18 bits per heavy atom. The van der Waals surface area contributed by atoms with Crippen molar-refractivity contribution in [1.29, 1.82) is 0 Å². The topological polar surface area (TPSA) is 46.6 Å². The Balaban J connectivity index is 1.95. The Kier molecular flexibility index (Phi) is 4.26. The van der Waals surface area contributed by atoms with E-state index in [0.29, 0.717) is 18.4 Å². The van der Waals surface area contributed by atoms with Crippen LogP contribution in [0.25, 0.3) is 0 Å². The molecule has 3 rings (SSSR count). The van der Waals surface area contributed by atoms with Crippen molar-refractivity contribution >= 4 is 17.9 Å². The summed E-state index contributed by atoms with van der Waals surface area (Å²) < 4.78 is 58.8. The van der Waals surface area contributed by atoms with E-state index in [1.807, 2.05) is 0 Å². The van der Waals surface area contributed by atoms with Gasteiger partial charge in [0.2, 0.25) is 10.0 Å². The van der Waals surface area contributed by atoms with Crippen molar-refractivity contribution < 1.29 is 21.9 Å². The zero-order valence-corrected chi connectivity index (χ0v) is 12.7. The summed E-state index contributed by atoms with van der Waals surface area (Å²) in [7, 11) is 1.82. The smallest absolute Gasteiger partial charge is 0.243 e. The highest BCUT2D eigenvalue weighted by Crippen LogP contribution is 2.37. The number of rotatable bonds is 4. The highest BCUT2D eigenvalue weighted by Gasteiger charge is 2.40. The molecule has 2 fully saturated rings. The van der Waals surface area contributed by atoms with E-state index in [0.717, 1.165) is 29.3 Å². The zero-order valence-electron chi connectivity index (χ0n) is 11.9. The van der Waals surface area contributed by atoms with Crippen LogP contribution in [0, 0.1) is 17.6 Å². The number of ether oxygens (including phenoxy) is 1. The normalized spacial score (nSPS) is 27.0. The molecule has 1 aromatic carbocycles. The molecule has 1 aliphatic carbocycles. The van der Waals surface area contributed by atoms with Crippen LogP contribution in [0.4, 0.5) is 8.78 Å². The molecule has 0 amide bonds. The van der Waals surface area contributed by atoms with Crippen LogP contribution in [-0.4, -0.2) is 45.8 Å². The summed E-state index contributed by atoms with van der Waals surface area (Å²) in [5, 5.41) is 0. The van der Waals surface area contributed by atoms with Crippen LogP contribution in [0.2, 0.25) is 0 Å². The first-order valence-electron chi connectivity index (χ1n) is 7.21. The molecule has 2 radical (unpaired) electrons. The van der Waals surface area contributed by atoms with Crippen molar-refractivity contribution in [3.05, 3.63) is 29.8 Å². The number of hydrogen-bond acceptors (Lipinski definition) is 3. The minimum absolute atomic E-state index is 0.0677. The largest absolute Gasteiger partial charge is 0.379 e. The first-order valence-corrected chi connectivity index (χ1v) is 8.65. The second-order valence-corrected chi connectivity index (χ2v) is 7.72. The standard InChI is InChI=1S/C14H16BF2NO3S/c15-14-8-21-7-12(3-9-1-2-9)18(14)22(19,20)13-5-10(16)4-11(17)6-13/h4-6,9,12,14H,1-3,7-8H2/t12-,14?/m1/s1. The lowest BCUT2D eigenvalue weighted by Gasteiger charge is -2.39.